The van der Waals surface area contributed by atoms with E-state index in [-0.39, 0.29) is 23.2 Å². The first kappa shape index (κ1) is 24.2. The van der Waals surface area contributed by atoms with Gasteiger partial charge in [0.25, 0.3) is 10.0 Å². The predicted molar refractivity (Wildman–Crippen MR) is 142 cm³/mol. The molecule has 184 valence electrons. The summed E-state index contributed by atoms with van der Waals surface area (Å²) in [7, 11) is -3.81. The molecule has 5 rings (SSSR count). The summed E-state index contributed by atoms with van der Waals surface area (Å²) in [5.74, 6) is 0.603. The van der Waals surface area contributed by atoms with Crippen LogP contribution in [0.3, 0.4) is 0 Å². The quantitative estimate of drug-likeness (QED) is 0.319. The van der Waals surface area contributed by atoms with E-state index < -0.39 is 10.0 Å². The Labute approximate surface area is 218 Å². The van der Waals surface area contributed by atoms with Crippen molar-refractivity contribution in [2.24, 2.45) is 0 Å². The molecule has 0 aliphatic carbocycles. The molecule has 2 aromatic heterocycles. The third-order valence-corrected chi connectivity index (χ3v) is 7.83. The number of hydrogen-bond acceptors (Lipinski definition) is 8. The monoisotopic (exact) mass is 529 g/mol. The maximum absolute atomic E-state index is 13.3. The Morgan fingerprint density at radius 1 is 1.00 bits per heavy atom. The van der Waals surface area contributed by atoms with E-state index >= 15 is 0 Å². The number of anilines is 3. The van der Waals surface area contributed by atoms with Gasteiger partial charge in [-0.15, -0.1) is 0 Å². The molecule has 2 heterocycles. The van der Waals surface area contributed by atoms with Crippen LogP contribution >= 0.6 is 11.6 Å². The minimum atomic E-state index is -3.81. The Morgan fingerprint density at radius 2 is 1.73 bits per heavy atom. The molecule has 0 spiro atoms. The number of nitrogens with one attached hydrogen (secondary N) is 1. The lowest BCUT2D eigenvalue weighted by atomic mass is 10.1. The van der Waals surface area contributed by atoms with Crippen molar-refractivity contribution in [3.05, 3.63) is 100 Å². The van der Waals surface area contributed by atoms with Crippen LogP contribution < -0.4 is 11.1 Å². The molecule has 0 fully saturated rings. The first-order chi connectivity index (χ1) is 17.7. The van der Waals surface area contributed by atoms with Crippen LogP contribution in [-0.4, -0.2) is 27.3 Å². The second-order valence-corrected chi connectivity index (χ2v) is 10.5. The van der Waals surface area contributed by atoms with E-state index in [9.17, 15) is 8.42 Å². The molecular formula is C26H20ClN7O2S. The van der Waals surface area contributed by atoms with Crippen LogP contribution in [-0.2, 0) is 16.4 Å². The Balaban J connectivity index is 1.50. The topological polar surface area (TPSA) is 140 Å². The van der Waals surface area contributed by atoms with Crippen LogP contribution in [0, 0.1) is 18.3 Å². The Kier molecular flexibility index (Phi) is 6.25. The van der Waals surface area contributed by atoms with Crippen molar-refractivity contribution in [3.63, 3.8) is 0 Å². The molecule has 0 saturated heterocycles. The SMILES string of the molecule is Cc1ccc(S(=O)(=O)n2ccc3c(Cc4nc(N)nc(Nc5ccc(C#N)cc5)n4)c(Cl)ccc32)cc1. The van der Waals surface area contributed by atoms with Crippen LogP contribution in [0.2, 0.25) is 5.02 Å². The molecule has 0 amide bonds. The van der Waals surface area contributed by atoms with E-state index in [1.807, 2.05) is 6.92 Å². The molecule has 0 radical (unpaired) electrons. The second kappa shape index (κ2) is 9.54. The summed E-state index contributed by atoms with van der Waals surface area (Å²) < 4.78 is 27.9. The Hall–Kier alpha value is -4.46. The van der Waals surface area contributed by atoms with Crippen LogP contribution in [0.5, 0.6) is 0 Å². The lowest BCUT2D eigenvalue weighted by Gasteiger charge is -2.11. The number of aryl methyl sites for hydroxylation is 1. The molecule has 0 atom stereocenters. The zero-order valence-electron chi connectivity index (χ0n) is 19.6. The molecule has 3 N–H and O–H groups in total. The van der Waals surface area contributed by atoms with Crippen LogP contribution in [0.25, 0.3) is 10.9 Å². The lowest BCUT2D eigenvalue weighted by Crippen LogP contribution is -2.12. The number of rotatable bonds is 6. The van der Waals surface area contributed by atoms with Gasteiger partial charge in [-0.25, -0.2) is 12.4 Å². The summed E-state index contributed by atoms with van der Waals surface area (Å²) >= 11 is 6.55. The fourth-order valence-corrected chi connectivity index (χ4v) is 5.51. The normalized spacial score (nSPS) is 11.4. The van der Waals surface area contributed by atoms with Gasteiger partial charge in [-0.3, -0.25) is 0 Å². The van der Waals surface area contributed by atoms with Crippen molar-refractivity contribution in [1.82, 2.24) is 18.9 Å². The second-order valence-electron chi connectivity index (χ2n) is 8.31. The van der Waals surface area contributed by atoms with Crippen LogP contribution in [0.4, 0.5) is 17.6 Å². The van der Waals surface area contributed by atoms with Gasteiger partial charge in [-0.1, -0.05) is 29.3 Å². The molecule has 37 heavy (non-hydrogen) atoms. The summed E-state index contributed by atoms with van der Waals surface area (Å²) in [6.45, 7) is 1.90. The first-order valence-corrected chi connectivity index (χ1v) is 12.9. The highest BCUT2D eigenvalue weighted by atomic mass is 35.5. The Morgan fingerprint density at radius 3 is 2.43 bits per heavy atom. The van der Waals surface area contributed by atoms with E-state index in [1.54, 1.807) is 66.7 Å². The van der Waals surface area contributed by atoms with Crippen molar-refractivity contribution in [1.29, 1.82) is 5.26 Å². The van der Waals surface area contributed by atoms with Gasteiger partial charge in [0.15, 0.2) is 0 Å². The summed E-state index contributed by atoms with van der Waals surface area (Å²) in [5, 5.41) is 13.1. The van der Waals surface area contributed by atoms with E-state index in [0.717, 1.165) is 5.56 Å². The highest BCUT2D eigenvalue weighted by Crippen LogP contribution is 2.31. The van der Waals surface area contributed by atoms with E-state index in [4.69, 9.17) is 22.6 Å². The summed E-state index contributed by atoms with van der Waals surface area (Å²) in [5.41, 5.74) is 9.25. The molecule has 0 bridgehead atoms. The predicted octanol–water partition coefficient (Wildman–Crippen LogP) is 4.81. The van der Waals surface area contributed by atoms with E-state index in [2.05, 4.69) is 26.3 Å². The smallest absolute Gasteiger partial charge is 0.268 e. The van der Waals surface area contributed by atoms with Crippen LogP contribution in [0.1, 0.15) is 22.5 Å². The molecule has 0 saturated carbocycles. The van der Waals surface area contributed by atoms with Gasteiger partial charge in [0.1, 0.15) is 5.82 Å². The summed E-state index contributed by atoms with van der Waals surface area (Å²) in [6, 6.07) is 20.6. The number of nitrogen functional groups attached to an aromatic ring is 1. The van der Waals surface area contributed by atoms with Crippen molar-refractivity contribution in [3.8, 4) is 6.07 Å². The number of nitrogens with zero attached hydrogens (tertiary/aromatic N) is 5. The molecule has 9 nitrogen and oxygen atoms in total. The number of hydrogen-bond donors (Lipinski definition) is 2. The number of aromatic nitrogens is 4. The minimum Gasteiger partial charge on any atom is -0.368 e. The van der Waals surface area contributed by atoms with Crippen molar-refractivity contribution in [2.75, 3.05) is 11.1 Å². The highest BCUT2D eigenvalue weighted by Gasteiger charge is 2.21. The van der Waals surface area contributed by atoms with E-state index in [0.29, 0.717) is 38.6 Å². The van der Waals surface area contributed by atoms with Crippen molar-refractivity contribution < 1.29 is 8.42 Å². The molecule has 0 aliphatic heterocycles. The fourth-order valence-electron chi connectivity index (χ4n) is 3.93. The average Bonchev–Trinajstić information content (AvgIpc) is 3.31. The standard InChI is InChI=1S/C26H20ClN7O2S/c1-16-2-8-19(9-3-16)37(35,36)34-13-12-20-21(22(27)10-11-23(20)34)14-24-31-25(29)33-26(32-24)30-18-6-4-17(15-28)5-7-18/h2-13H,14H2,1H3,(H3,29,30,31,32,33). The maximum atomic E-state index is 13.3. The maximum Gasteiger partial charge on any atom is 0.268 e. The molecule has 5 aromatic rings. The van der Waals surface area contributed by atoms with Crippen LogP contribution in [0.15, 0.2) is 77.8 Å². The number of nitrogens with two attached hydrogens (primary N) is 1. The Bertz CT molecular complexity index is 1780. The molecule has 3 aromatic carbocycles. The third-order valence-electron chi connectivity index (χ3n) is 5.77. The molecular weight excluding hydrogens is 510 g/mol. The van der Waals surface area contributed by atoms with E-state index in [1.165, 1.54) is 10.2 Å². The number of halogens is 1. The molecule has 0 aliphatic rings. The van der Waals surface area contributed by atoms with Gasteiger partial charge in [0.05, 0.1) is 22.0 Å². The van der Waals surface area contributed by atoms with Gasteiger partial charge >= 0.3 is 0 Å². The minimum absolute atomic E-state index is 0.0176. The first-order valence-electron chi connectivity index (χ1n) is 11.1. The fraction of sp³-hybridized carbons (Fsp3) is 0.0769. The van der Waals surface area contributed by atoms with Crippen molar-refractivity contribution >= 4 is 50.1 Å². The van der Waals surface area contributed by atoms with Crippen molar-refractivity contribution in [2.45, 2.75) is 18.2 Å². The van der Waals surface area contributed by atoms with Gasteiger partial charge in [0, 0.05) is 28.7 Å². The van der Waals surface area contributed by atoms with Gasteiger partial charge in [-0.05, 0) is 67.1 Å². The van der Waals surface area contributed by atoms with Gasteiger partial charge in [-0.2, -0.15) is 20.2 Å². The average molecular weight is 530 g/mol. The number of nitriles is 1. The van der Waals surface area contributed by atoms with Gasteiger partial charge in [0.2, 0.25) is 11.9 Å². The largest absolute Gasteiger partial charge is 0.368 e. The third kappa shape index (κ3) is 4.82. The highest BCUT2D eigenvalue weighted by molar-refractivity contribution is 7.90. The molecule has 0 unspecified atom stereocenters. The summed E-state index contributed by atoms with van der Waals surface area (Å²) in [4.78, 5) is 13.0. The van der Waals surface area contributed by atoms with Gasteiger partial charge < -0.3 is 11.1 Å². The number of fused-ring (bicyclic) bond motifs is 1. The lowest BCUT2D eigenvalue weighted by molar-refractivity contribution is 0.589. The zero-order valence-corrected chi connectivity index (χ0v) is 21.1. The summed E-state index contributed by atoms with van der Waals surface area (Å²) in [6.07, 6.45) is 1.71. The zero-order chi connectivity index (χ0) is 26.2. The number of benzene rings is 3. The molecule has 11 heteroatoms.